The van der Waals surface area contributed by atoms with Crippen LogP contribution in [0.15, 0.2) is 29.4 Å². The summed E-state index contributed by atoms with van der Waals surface area (Å²) in [6, 6.07) is 3.08. The number of aromatic nitrogens is 2. The molecule has 2 rings (SSSR count). The average molecular weight is 333 g/mol. The molecular formula is C11H10ClFN4O3S. The second-order valence-electron chi connectivity index (χ2n) is 3.86. The lowest BCUT2D eigenvalue weighted by molar-refractivity contribution is 0.388. The molecule has 0 spiro atoms. The molecular weight excluding hydrogens is 323 g/mol. The molecule has 1 aromatic carbocycles. The van der Waals surface area contributed by atoms with Gasteiger partial charge in [-0.3, -0.25) is 4.72 Å². The van der Waals surface area contributed by atoms with Crippen molar-refractivity contribution in [1.82, 2.24) is 9.97 Å². The summed E-state index contributed by atoms with van der Waals surface area (Å²) in [5.74, 6) is -1.16. The van der Waals surface area contributed by atoms with Gasteiger partial charge in [-0.05, 0) is 12.1 Å². The van der Waals surface area contributed by atoms with Gasteiger partial charge in [0.05, 0.1) is 17.7 Å². The van der Waals surface area contributed by atoms with Crippen molar-refractivity contribution in [3.05, 3.63) is 35.5 Å². The summed E-state index contributed by atoms with van der Waals surface area (Å²) in [6.07, 6.45) is 1.09. The zero-order chi connectivity index (χ0) is 15.6. The average Bonchev–Trinajstić information content (AvgIpc) is 2.37. The van der Waals surface area contributed by atoms with Crippen LogP contribution in [0.2, 0.25) is 5.15 Å². The summed E-state index contributed by atoms with van der Waals surface area (Å²) in [7, 11) is -2.85. The van der Waals surface area contributed by atoms with E-state index < -0.39 is 15.8 Å². The molecule has 2 aromatic rings. The maximum atomic E-state index is 13.7. The van der Waals surface area contributed by atoms with Gasteiger partial charge in [-0.1, -0.05) is 11.6 Å². The van der Waals surface area contributed by atoms with E-state index in [2.05, 4.69) is 14.7 Å². The number of hydrogen-bond donors (Lipinski definition) is 2. The van der Waals surface area contributed by atoms with E-state index in [1.165, 1.54) is 13.2 Å². The van der Waals surface area contributed by atoms with Crippen LogP contribution >= 0.6 is 11.6 Å². The molecule has 7 nitrogen and oxygen atoms in total. The molecule has 0 saturated heterocycles. The van der Waals surface area contributed by atoms with Crippen LogP contribution in [-0.2, 0) is 10.0 Å². The monoisotopic (exact) mass is 332 g/mol. The summed E-state index contributed by atoms with van der Waals surface area (Å²) in [4.78, 5) is 6.94. The summed E-state index contributed by atoms with van der Waals surface area (Å²) < 4.78 is 44.8. The molecule has 0 radical (unpaired) electrons. The number of sulfonamides is 1. The molecule has 0 bridgehead atoms. The number of rotatable bonds is 4. The minimum absolute atomic E-state index is 0.0511. The van der Waals surface area contributed by atoms with Gasteiger partial charge in [0.1, 0.15) is 17.3 Å². The SMILES string of the molecule is COc1c(N)cc(S(=O)(=O)Nc2cc(Cl)ncn2)cc1F. The first-order valence-corrected chi connectivity index (χ1v) is 7.33. The normalized spacial score (nSPS) is 11.2. The molecule has 112 valence electrons. The number of hydrogen-bond acceptors (Lipinski definition) is 6. The summed E-state index contributed by atoms with van der Waals surface area (Å²) in [5.41, 5.74) is 5.40. The van der Waals surface area contributed by atoms with Crippen molar-refractivity contribution in [2.75, 3.05) is 17.6 Å². The number of benzene rings is 1. The summed E-state index contributed by atoms with van der Waals surface area (Å²) in [5, 5.41) is 0.0584. The van der Waals surface area contributed by atoms with Crippen LogP contribution in [0.25, 0.3) is 0 Å². The standard InChI is InChI=1S/C11H10ClFN4O3S/c1-20-11-7(13)2-6(3-8(11)14)21(18,19)17-10-4-9(12)15-5-16-10/h2-5H,14H2,1H3,(H,15,16,17). The lowest BCUT2D eigenvalue weighted by Gasteiger charge is -2.10. The number of nitrogens with one attached hydrogen (secondary N) is 1. The Morgan fingerprint density at radius 2 is 2.05 bits per heavy atom. The Morgan fingerprint density at radius 3 is 2.62 bits per heavy atom. The van der Waals surface area contributed by atoms with Gasteiger partial charge in [0.15, 0.2) is 11.6 Å². The Balaban J connectivity index is 2.40. The van der Waals surface area contributed by atoms with E-state index in [-0.39, 0.29) is 27.3 Å². The van der Waals surface area contributed by atoms with Crippen molar-refractivity contribution in [2.45, 2.75) is 4.90 Å². The Morgan fingerprint density at radius 1 is 1.33 bits per heavy atom. The molecule has 0 unspecified atom stereocenters. The van der Waals surface area contributed by atoms with E-state index in [1.807, 2.05) is 0 Å². The lowest BCUT2D eigenvalue weighted by atomic mass is 10.3. The molecule has 1 aromatic heterocycles. The van der Waals surface area contributed by atoms with Gasteiger partial charge in [-0.25, -0.2) is 22.8 Å². The van der Waals surface area contributed by atoms with Crippen LogP contribution in [0.5, 0.6) is 5.75 Å². The van der Waals surface area contributed by atoms with Crippen molar-refractivity contribution < 1.29 is 17.5 Å². The van der Waals surface area contributed by atoms with Crippen molar-refractivity contribution in [3.63, 3.8) is 0 Å². The van der Waals surface area contributed by atoms with E-state index in [1.54, 1.807) is 0 Å². The minimum atomic E-state index is -4.07. The molecule has 0 aliphatic carbocycles. The molecule has 0 aliphatic rings. The predicted octanol–water partition coefficient (Wildman–Crippen LogP) is 1.66. The van der Waals surface area contributed by atoms with Crippen molar-refractivity contribution in [2.24, 2.45) is 0 Å². The first kappa shape index (κ1) is 15.3. The molecule has 0 atom stereocenters. The molecule has 0 amide bonds. The third kappa shape index (κ3) is 3.31. The molecule has 0 aliphatic heterocycles. The van der Waals surface area contributed by atoms with Crippen LogP contribution in [0.4, 0.5) is 15.9 Å². The fraction of sp³-hybridized carbons (Fsp3) is 0.0909. The highest BCUT2D eigenvalue weighted by Gasteiger charge is 2.20. The van der Waals surface area contributed by atoms with Gasteiger partial charge in [-0.2, -0.15) is 0 Å². The van der Waals surface area contributed by atoms with Crippen LogP contribution in [-0.4, -0.2) is 25.5 Å². The van der Waals surface area contributed by atoms with E-state index in [0.29, 0.717) is 0 Å². The highest BCUT2D eigenvalue weighted by atomic mass is 35.5. The Bertz CT molecular complexity index is 762. The van der Waals surface area contributed by atoms with E-state index in [4.69, 9.17) is 22.1 Å². The van der Waals surface area contributed by atoms with E-state index in [9.17, 15) is 12.8 Å². The van der Waals surface area contributed by atoms with Gasteiger partial charge in [0.25, 0.3) is 10.0 Å². The maximum Gasteiger partial charge on any atom is 0.263 e. The van der Waals surface area contributed by atoms with Gasteiger partial charge >= 0.3 is 0 Å². The zero-order valence-electron chi connectivity index (χ0n) is 10.7. The molecule has 3 N–H and O–H groups in total. The van der Waals surface area contributed by atoms with Gasteiger partial charge in [0.2, 0.25) is 0 Å². The highest BCUT2D eigenvalue weighted by Crippen LogP contribution is 2.29. The second kappa shape index (κ2) is 5.70. The Kier molecular flexibility index (Phi) is 4.14. The van der Waals surface area contributed by atoms with Crippen LogP contribution < -0.4 is 15.2 Å². The maximum absolute atomic E-state index is 13.7. The minimum Gasteiger partial charge on any atom is -0.492 e. The number of nitrogens with zero attached hydrogens (tertiary/aromatic N) is 2. The summed E-state index contributed by atoms with van der Waals surface area (Å²) >= 11 is 5.63. The number of methoxy groups -OCH3 is 1. The Hall–Kier alpha value is -2.13. The molecule has 0 saturated carbocycles. The quantitative estimate of drug-likeness (QED) is 0.651. The van der Waals surface area contributed by atoms with Crippen LogP contribution in [0.1, 0.15) is 0 Å². The number of anilines is 2. The third-order valence-electron chi connectivity index (χ3n) is 2.43. The smallest absolute Gasteiger partial charge is 0.263 e. The van der Waals surface area contributed by atoms with Crippen molar-refractivity contribution in [1.29, 1.82) is 0 Å². The van der Waals surface area contributed by atoms with Gasteiger partial charge in [-0.15, -0.1) is 0 Å². The van der Waals surface area contributed by atoms with Gasteiger partial charge < -0.3 is 10.5 Å². The fourth-order valence-corrected chi connectivity index (χ4v) is 2.74. The molecule has 21 heavy (non-hydrogen) atoms. The topological polar surface area (TPSA) is 107 Å². The van der Waals surface area contributed by atoms with E-state index >= 15 is 0 Å². The molecule has 1 heterocycles. The zero-order valence-corrected chi connectivity index (χ0v) is 12.2. The third-order valence-corrected chi connectivity index (χ3v) is 3.97. The van der Waals surface area contributed by atoms with Crippen LogP contribution in [0, 0.1) is 5.82 Å². The molecule has 0 fully saturated rings. The predicted molar refractivity (Wildman–Crippen MR) is 75.2 cm³/mol. The van der Waals surface area contributed by atoms with Crippen molar-refractivity contribution in [3.8, 4) is 5.75 Å². The van der Waals surface area contributed by atoms with Crippen LogP contribution in [0.3, 0.4) is 0 Å². The largest absolute Gasteiger partial charge is 0.492 e. The Labute approximate surface area is 125 Å². The number of nitrogens with two attached hydrogens (primary N) is 1. The van der Waals surface area contributed by atoms with Crippen molar-refractivity contribution >= 4 is 33.1 Å². The summed E-state index contributed by atoms with van der Waals surface area (Å²) in [6.45, 7) is 0. The number of nitrogen functional groups attached to an aromatic ring is 1. The first-order chi connectivity index (χ1) is 9.83. The fourth-order valence-electron chi connectivity index (χ4n) is 1.55. The second-order valence-corrected chi connectivity index (χ2v) is 5.93. The first-order valence-electron chi connectivity index (χ1n) is 5.47. The lowest BCUT2D eigenvalue weighted by Crippen LogP contribution is -2.15. The number of ether oxygens (including phenoxy) is 1. The highest BCUT2D eigenvalue weighted by molar-refractivity contribution is 7.92. The number of halogens is 2. The molecule has 10 heteroatoms. The van der Waals surface area contributed by atoms with Gasteiger partial charge in [0, 0.05) is 6.07 Å². The van der Waals surface area contributed by atoms with E-state index in [0.717, 1.165) is 18.5 Å².